The lowest BCUT2D eigenvalue weighted by Gasteiger charge is -2.27. The molecule has 1 fully saturated rings. The van der Waals surface area contributed by atoms with E-state index in [-0.39, 0.29) is 29.7 Å². The molecule has 0 bridgehead atoms. The van der Waals surface area contributed by atoms with E-state index in [0.717, 1.165) is 24.5 Å². The van der Waals surface area contributed by atoms with Crippen LogP contribution >= 0.6 is 0 Å². The average molecular weight is 361 g/mol. The number of hydrogen-bond acceptors (Lipinski definition) is 4. The van der Waals surface area contributed by atoms with Gasteiger partial charge in [-0.1, -0.05) is 26.8 Å². The van der Waals surface area contributed by atoms with Crippen molar-refractivity contribution in [3.05, 3.63) is 24.3 Å². The van der Waals surface area contributed by atoms with E-state index in [1.54, 1.807) is 0 Å². The van der Waals surface area contributed by atoms with Crippen molar-refractivity contribution >= 4 is 23.2 Å². The van der Waals surface area contributed by atoms with E-state index in [4.69, 9.17) is 5.73 Å². The molecule has 1 aliphatic rings. The van der Waals surface area contributed by atoms with Crippen molar-refractivity contribution in [1.29, 1.82) is 0 Å². The van der Waals surface area contributed by atoms with Gasteiger partial charge in [-0.2, -0.15) is 0 Å². The second kappa shape index (κ2) is 8.54. The van der Waals surface area contributed by atoms with Crippen LogP contribution in [0.2, 0.25) is 0 Å². The van der Waals surface area contributed by atoms with Gasteiger partial charge in [0.15, 0.2) is 0 Å². The van der Waals surface area contributed by atoms with E-state index < -0.39 is 6.04 Å². The second-order valence-corrected chi connectivity index (χ2v) is 8.25. The van der Waals surface area contributed by atoms with Crippen LogP contribution in [0.5, 0.6) is 0 Å². The molecule has 1 aliphatic heterocycles. The minimum Gasteiger partial charge on any atom is -0.371 e. The van der Waals surface area contributed by atoms with E-state index in [0.29, 0.717) is 0 Å². The maximum absolute atomic E-state index is 12.3. The van der Waals surface area contributed by atoms with Crippen LogP contribution in [-0.4, -0.2) is 37.0 Å². The minimum atomic E-state index is -0.606. The molecule has 1 saturated heterocycles. The van der Waals surface area contributed by atoms with Gasteiger partial charge in [-0.15, -0.1) is 0 Å². The lowest BCUT2D eigenvalue weighted by Crippen LogP contribution is -2.51. The zero-order chi connectivity index (χ0) is 19.3. The number of nitrogens with one attached hydrogen (secondary N) is 2. The number of anilines is 2. The summed E-state index contributed by atoms with van der Waals surface area (Å²) < 4.78 is 0. The highest BCUT2D eigenvalue weighted by Crippen LogP contribution is 2.23. The van der Waals surface area contributed by atoms with Gasteiger partial charge in [-0.3, -0.25) is 9.59 Å². The van der Waals surface area contributed by atoms with Gasteiger partial charge in [0, 0.05) is 36.9 Å². The molecule has 2 amide bonds. The van der Waals surface area contributed by atoms with Crippen LogP contribution in [0.3, 0.4) is 0 Å². The van der Waals surface area contributed by atoms with Crippen molar-refractivity contribution in [3.63, 3.8) is 0 Å². The fourth-order valence-corrected chi connectivity index (χ4v) is 3.02. The maximum Gasteiger partial charge on any atom is 0.237 e. The van der Waals surface area contributed by atoms with Crippen molar-refractivity contribution in [2.75, 3.05) is 23.3 Å². The predicted molar refractivity (Wildman–Crippen MR) is 106 cm³/mol. The summed E-state index contributed by atoms with van der Waals surface area (Å²) in [6.45, 7) is 9.70. The Kier molecular flexibility index (Phi) is 6.64. The molecule has 0 radical (unpaired) electrons. The normalized spacial score (nSPS) is 16.9. The van der Waals surface area contributed by atoms with Crippen LogP contribution in [0, 0.1) is 5.41 Å². The molecule has 0 spiro atoms. The Labute approximate surface area is 156 Å². The molecular weight excluding hydrogens is 328 g/mol. The molecule has 0 aliphatic carbocycles. The van der Waals surface area contributed by atoms with Crippen molar-refractivity contribution in [3.8, 4) is 0 Å². The summed E-state index contributed by atoms with van der Waals surface area (Å²) in [6, 6.07) is 7.02. The first kappa shape index (κ1) is 20.2. The smallest absolute Gasteiger partial charge is 0.237 e. The number of nitrogens with zero attached hydrogens (tertiary/aromatic N) is 1. The summed E-state index contributed by atoms with van der Waals surface area (Å²) in [5.74, 6) is -0.352. The summed E-state index contributed by atoms with van der Waals surface area (Å²) in [5.41, 5.74) is 7.56. The molecule has 1 aromatic carbocycles. The van der Waals surface area contributed by atoms with Crippen LogP contribution in [0.25, 0.3) is 0 Å². The van der Waals surface area contributed by atoms with Crippen molar-refractivity contribution in [2.45, 2.75) is 59.0 Å². The van der Waals surface area contributed by atoms with Crippen LogP contribution in [-0.2, 0) is 9.59 Å². The first-order valence-corrected chi connectivity index (χ1v) is 9.37. The number of rotatable bonds is 6. The minimum absolute atomic E-state index is 0.124. The quantitative estimate of drug-likeness (QED) is 0.727. The lowest BCUT2D eigenvalue weighted by molar-refractivity contribution is -0.125. The lowest BCUT2D eigenvalue weighted by atomic mass is 9.87. The van der Waals surface area contributed by atoms with Gasteiger partial charge in [-0.05, 0) is 43.4 Å². The van der Waals surface area contributed by atoms with E-state index in [2.05, 4.69) is 21.6 Å². The van der Waals surface area contributed by atoms with Gasteiger partial charge >= 0.3 is 0 Å². The molecular formula is C20H32N4O2. The Balaban J connectivity index is 1.86. The molecule has 0 aromatic heterocycles. The largest absolute Gasteiger partial charge is 0.371 e. The van der Waals surface area contributed by atoms with Gasteiger partial charge < -0.3 is 21.3 Å². The van der Waals surface area contributed by atoms with Crippen molar-refractivity contribution in [2.24, 2.45) is 11.1 Å². The fourth-order valence-electron chi connectivity index (χ4n) is 3.02. The Morgan fingerprint density at radius 2 is 1.88 bits per heavy atom. The number of nitrogens with two attached hydrogens (primary N) is 1. The predicted octanol–water partition coefficient (Wildman–Crippen LogP) is 2.49. The average Bonchev–Trinajstić information content (AvgIpc) is 3.07. The summed E-state index contributed by atoms with van der Waals surface area (Å²) in [6.07, 6.45) is 2.63. The topological polar surface area (TPSA) is 87.5 Å². The van der Waals surface area contributed by atoms with E-state index in [1.165, 1.54) is 12.8 Å². The maximum atomic E-state index is 12.3. The highest BCUT2D eigenvalue weighted by Gasteiger charge is 2.28. The monoisotopic (exact) mass is 360 g/mol. The molecule has 4 N–H and O–H groups in total. The van der Waals surface area contributed by atoms with Crippen molar-refractivity contribution in [1.82, 2.24) is 5.32 Å². The molecule has 1 unspecified atom stereocenters. The number of amides is 2. The third-order valence-electron chi connectivity index (χ3n) is 4.70. The van der Waals surface area contributed by atoms with Crippen LogP contribution in [0.1, 0.15) is 47.0 Å². The van der Waals surface area contributed by atoms with Gasteiger partial charge in [0.1, 0.15) is 0 Å². The van der Waals surface area contributed by atoms with E-state index in [1.807, 2.05) is 45.9 Å². The Morgan fingerprint density at radius 1 is 1.23 bits per heavy atom. The Bertz CT molecular complexity index is 633. The first-order valence-electron chi connectivity index (χ1n) is 9.37. The Morgan fingerprint density at radius 3 is 2.50 bits per heavy atom. The standard InChI is InChI=1S/C20H32N4O2/c1-14(22-19(26)18(21)20(2,3)4)12-17(25)23-15-8-7-9-16(13-15)24-10-5-6-11-24/h7-9,13-14,18H,5-6,10-12,21H2,1-4H3,(H,22,26)(H,23,25)/t14?,18-/m1/s1. The molecule has 6 heteroatoms. The molecule has 1 heterocycles. The van der Waals surface area contributed by atoms with Gasteiger partial charge in [0.2, 0.25) is 11.8 Å². The number of benzene rings is 1. The van der Waals surface area contributed by atoms with Crippen LogP contribution < -0.4 is 21.3 Å². The summed E-state index contributed by atoms with van der Waals surface area (Å²) in [7, 11) is 0. The molecule has 2 atom stereocenters. The molecule has 1 aromatic rings. The molecule has 0 saturated carbocycles. The highest BCUT2D eigenvalue weighted by molar-refractivity contribution is 5.92. The molecule has 2 rings (SSSR count). The third-order valence-corrected chi connectivity index (χ3v) is 4.70. The zero-order valence-electron chi connectivity index (χ0n) is 16.3. The SMILES string of the molecule is CC(CC(=O)Nc1cccc(N2CCCC2)c1)NC(=O)[C@@H](N)C(C)(C)C. The summed E-state index contributed by atoms with van der Waals surface area (Å²) in [5, 5.41) is 5.75. The third kappa shape index (κ3) is 5.73. The van der Waals surface area contributed by atoms with Crippen LogP contribution in [0.15, 0.2) is 24.3 Å². The molecule has 26 heavy (non-hydrogen) atoms. The first-order chi connectivity index (χ1) is 12.2. The number of carbonyl (C=O) groups excluding carboxylic acids is 2. The summed E-state index contributed by atoms with van der Waals surface area (Å²) in [4.78, 5) is 26.8. The molecule has 144 valence electrons. The second-order valence-electron chi connectivity index (χ2n) is 8.25. The number of hydrogen-bond donors (Lipinski definition) is 3. The van der Waals surface area contributed by atoms with Crippen molar-refractivity contribution < 1.29 is 9.59 Å². The van der Waals surface area contributed by atoms with Gasteiger partial charge in [0.05, 0.1) is 6.04 Å². The Hall–Kier alpha value is -2.08. The van der Waals surface area contributed by atoms with E-state index in [9.17, 15) is 9.59 Å². The fraction of sp³-hybridized carbons (Fsp3) is 0.600. The summed E-state index contributed by atoms with van der Waals surface area (Å²) >= 11 is 0. The van der Waals surface area contributed by atoms with Gasteiger partial charge in [0.25, 0.3) is 0 Å². The van der Waals surface area contributed by atoms with Gasteiger partial charge in [-0.25, -0.2) is 0 Å². The zero-order valence-corrected chi connectivity index (χ0v) is 16.3. The van der Waals surface area contributed by atoms with E-state index >= 15 is 0 Å². The van der Waals surface area contributed by atoms with Crippen LogP contribution in [0.4, 0.5) is 11.4 Å². The number of carbonyl (C=O) groups is 2. The molecule has 6 nitrogen and oxygen atoms in total. The highest BCUT2D eigenvalue weighted by atomic mass is 16.2.